The third-order valence-electron chi connectivity index (χ3n) is 3.93. The van der Waals surface area contributed by atoms with E-state index in [2.05, 4.69) is 18.2 Å². The molecule has 0 saturated heterocycles. The first kappa shape index (κ1) is 18.0. The maximum atomic E-state index is 12.5. The summed E-state index contributed by atoms with van der Waals surface area (Å²) in [6.45, 7) is 1.11. The zero-order valence-corrected chi connectivity index (χ0v) is 14.4. The van der Waals surface area contributed by atoms with E-state index in [-0.39, 0.29) is 5.91 Å². The lowest BCUT2D eigenvalue weighted by atomic mass is 10.1. The highest BCUT2D eigenvalue weighted by atomic mass is 35.5. The van der Waals surface area contributed by atoms with Gasteiger partial charge in [-0.3, -0.25) is 4.79 Å². The van der Waals surface area contributed by atoms with E-state index in [1.165, 1.54) is 5.56 Å². The van der Waals surface area contributed by atoms with Gasteiger partial charge in [-0.25, -0.2) is 0 Å². The van der Waals surface area contributed by atoms with E-state index in [4.69, 9.17) is 16.9 Å². The summed E-state index contributed by atoms with van der Waals surface area (Å²) in [5, 5.41) is 9.51. The monoisotopic (exact) mass is 340 g/mol. The van der Waals surface area contributed by atoms with E-state index >= 15 is 0 Å². The van der Waals surface area contributed by atoms with Crippen LogP contribution in [0.15, 0.2) is 54.6 Å². The highest BCUT2D eigenvalue weighted by Gasteiger charge is 2.14. The van der Waals surface area contributed by atoms with Crippen LogP contribution in [0.2, 0.25) is 5.02 Å². The second-order valence-corrected chi connectivity index (χ2v) is 6.02. The van der Waals surface area contributed by atoms with Crippen molar-refractivity contribution in [3.8, 4) is 6.07 Å². The van der Waals surface area contributed by atoms with E-state index in [1.807, 2.05) is 42.5 Å². The van der Waals surface area contributed by atoms with Crippen molar-refractivity contribution in [2.45, 2.75) is 25.7 Å². The molecule has 0 N–H and O–H groups in total. The number of hydrogen-bond acceptors (Lipinski definition) is 2. The molecule has 4 heteroatoms. The topological polar surface area (TPSA) is 44.1 Å². The Hall–Kier alpha value is -2.31. The van der Waals surface area contributed by atoms with Crippen molar-refractivity contribution in [1.82, 2.24) is 4.90 Å². The molecule has 0 aliphatic heterocycles. The molecule has 2 aromatic rings. The molecule has 2 rings (SSSR count). The van der Waals surface area contributed by atoms with Crippen molar-refractivity contribution in [3.05, 3.63) is 70.7 Å². The van der Waals surface area contributed by atoms with Crippen LogP contribution >= 0.6 is 11.6 Å². The van der Waals surface area contributed by atoms with Crippen LogP contribution in [0.3, 0.4) is 0 Å². The molecule has 0 bridgehead atoms. The Morgan fingerprint density at radius 2 is 1.71 bits per heavy atom. The SMILES string of the molecule is N#CCCN(CCc1ccccc1)C(=O)CCc1ccccc1Cl. The lowest BCUT2D eigenvalue weighted by Crippen LogP contribution is -2.34. The standard InChI is InChI=1S/C20H21ClN2O/c21-19-10-5-4-9-18(19)11-12-20(24)23(15-6-14-22)16-13-17-7-2-1-3-8-17/h1-5,7-10H,6,11-13,15-16H2. The van der Waals surface area contributed by atoms with Crippen LogP contribution in [0.25, 0.3) is 0 Å². The second kappa shape index (κ2) is 9.75. The van der Waals surface area contributed by atoms with Gasteiger partial charge in [0, 0.05) is 24.5 Å². The zero-order valence-electron chi connectivity index (χ0n) is 13.6. The molecule has 0 saturated carbocycles. The first-order valence-electron chi connectivity index (χ1n) is 8.13. The lowest BCUT2D eigenvalue weighted by Gasteiger charge is -2.22. The number of carbonyl (C=O) groups is 1. The minimum atomic E-state index is 0.0705. The number of carbonyl (C=O) groups excluding carboxylic acids is 1. The Morgan fingerprint density at radius 1 is 1.00 bits per heavy atom. The smallest absolute Gasteiger partial charge is 0.222 e. The normalized spacial score (nSPS) is 10.2. The molecular formula is C20H21ClN2O. The molecule has 0 aliphatic rings. The van der Waals surface area contributed by atoms with E-state index in [0.717, 1.165) is 12.0 Å². The quantitative estimate of drug-likeness (QED) is 0.720. The van der Waals surface area contributed by atoms with Gasteiger partial charge in [-0.2, -0.15) is 5.26 Å². The van der Waals surface area contributed by atoms with Crippen LogP contribution in [-0.2, 0) is 17.6 Å². The summed E-state index contributed by atoms with van der Waals surface area (Å²) in [5.74, 6) is 0.0705. The second-order valence-electron chi connectivity index (χ2n) is 5.62. The number of hydrogen-bond donors (Lipinski definition) is 0. The fourth-order valence-electron chi connectivity index (χ4n) is 2.56. The van der Waals surface area contributed by atoms with Gasteiger partial charge < -0.3 is 4.90 Å². The molecule has 1 amide bonds. The van der Waals surface area contributed by atoms with Crippen LogP contribution < -0.4 is 0 Å². The molecule has 0 spiro atoms. The van der Waals surface area contributed by atoms with Gasteiger partial charge in [-0.15, -0.1) is 0 Å². The predicted octanol–water partition coefficient (Wildman–Crippen LogP) is 4.26. The summed E-state index contributed by atoms with van der Waals surface area (Å²) >= 11 is 6.14. The van der Waals surface area contributed by atoms with Gasteiger partial charge in [-0.1, -0.05) is 60.1 Å². The summed E-state index contributed by atoms with van der Waals surface area (Å²) < 4.78 is 0. The predicted molar refractivity (Wildman–Crippen MR) is 96.7 cm³/mol. The van der Waals surface area contributed by atoms with Gasteiger partial charge in [0.1, 0.15) is 0 Å². The highest BCUT2D eigenvalue weighted by molar-refractivity contribution is 6.31. The van der Waals surface area contributed by atoms with E-state index < -0.39 is 0 Å². The van der Waals surface area contributed by atoms with Crippen LogP contribution in [0.5, 0.6) is 0 Å². The first-order chi connectivity index (χ1) is 11.7. The Morgan fingerprint density at radius 3 is 2.42 bits per heavy atom. The molecule has 0 unspecified atom stereocenters. The number of halogens is 1. The molecule has 0 atom stereocenters. The van der Waals surface area contributed by atoms with Crippen molar-refractivity contribution in [1.29, 1.82) is 5.26 Å². The highest BCUT2D eigenvalue weighted by Crippen LogP contribution is 2.17. The number of rotatable bonds is 8. The molecule has 0 aliphatic carbocycles. The minimum Gasteiger partial charge on any atom is -0.341 e. The van der Waals surface area contributed by atoms with Crippen molar-refractivity contribution in [2.75, 3.05) is 13.1 Å². The summed E-state index contributed by atoms with van der Waals surface area (Å²) in [6, 6.07) is 19.8. The minimum absolute atomic E-state index is 0.0705. The Balaban J connectivity index is 1.92. The van der Waals surface area contributed by atoms with Crippen LogP contribution in [0.1, 0.15) is 24.0 Å². The molecule has 124 valence electrons. The van der Waals surface area contributed by atoms with Gasteiger partial charge in [0.05, 0.1) is 12.5 Å². The number of aryl methyl sites for hydroxylation is 1. The first-order valence-corrected chi connectivity index (χ1v) is 8.50. The molecular weight excluding hydrogens is 320 g/mol. The third-order valence-corrected chi connectivity index (χ3v) is 4.29. The van der Waals surface area contributed by atoms with Gasteiger partial charge in [0.2, 0.25) is 5.91 Å². The average molecular weight is 341 g/mol. The zero-order chi connectivity index (χ0) is 17.2. The van der Waals surface area contributed by atoms with Gasteiger partial charge in [-0.05, 0) is 30.0 Å². The van der Waals surface area contributed by atoms with Crippen molar-refractivity contribution in [2.24, 2.45) is 0 Å². The molecule has 24 heavy (non-hydrogen) atoms. The van der Waals surface area contributed by atoms with Gasteiger partial charge in [0.25, 0.3) is 0 Å². The van der Waals surface area contributed by atoms with Crippen LogP contribution in [0.4, 0.5) is 0 Å². The Kier molecular flexibility index (Phi) is 7.32. The number of benzene rings is 2. The van der Waals surface area contributed by atoms with E-state index in [1.54, 1.807) is 4.90 Å². The summed E-state index contributed by atoms with van der Waals surface area (Å²) in [4.78, 5) is 14.3. The summed E-state index contributed by atoms with van der Waals surface area (Å²) in [7, 11) is 0. The van der Waals surface area contributed by atoms with Gasteiger partial charge >= 0.3 is 0 Å². The number of nitrogens with zero attached hydrogens (tertiary/aromatic N) is 2. The van der Waals surface area contributed by atoms with Crippen molar-refractivity contribution < 1.29 is 4.79 Å². The van der Waals surface area contributed by atoms with E-state index in [9.17, 15) is 4.79 Å². The van der Waals surface area contributed by atoms with E-state index in [0.29, 0.717) is 37.4 Å². The van der Waals surface area contributed by atoms with Crippen molar-refractivity contribution in [3.63, 3.8) is 0 Å². The average Bonchev–Trinajstić information content (AvgIpc) is 2.62. The fourth-order valence-corrected chi connectivity index (χ4v) is 2.79. The summed E-state index contributed by atoms with van der Waals surface area (Å²) in [5.41, 5.74) is 2.18. The maximum absolute atomic E-state index is 12.5. The molecule has 2 aromatic carbocycles. The van der Waals surface area contributed by atoms with Crippen LogP contribution in [-0.4, -0.2) is 23.9 Å². The number of amides is 1. The van der Waals surface area contributed by atoms with Crippen LogP contribution in [0, 0.1) is 11.3 Å². The van der Waals surface area contributed by atoms with Crippen molar-refractivity contribution >= 4 is 17.5 Å². The maximum Gasteiger partial charge on any atom is 0.222 e. The molecule has 0 fully saturated rings. The third kappa shape index (κ3) is 5.72. The summed E-state index contributed by atoms with van der Waals surface area (Å²) in [6.07, 6.45) is 2.17. The number of nitriles is 1. The molecule has 0 radical (unpaired) electrons. The molecule has 0 heterocycles. The Bertz CT molecular complexity index is 694. The largest absolute Gasteiger partial charge is 0.341 e. The molecule has 0 aromatic heterocycles. The Labute approximate surface area is 148 Å². The van der Waals surface area contributed by atoms with Gasteiger partial charge in [0.15, 0.2) is 0 Å². The lowest BCUT2D eigenvalue weighted by molar-refractivity contribution is -0.131. The molecule has 3 nitrogen and oxygen atoms in total. The fraction of sp³-hybridized carbons (Fsp3) is 0.300.